The molecule has 1 N–H and O–H groups in total. The SMILES string of the molecule is Cc1c(C#N)nn(-c2cccnc2)c1NC(=O)c1ccoc1C1CC1. The Morgan fingerprint density at radius 3 is 2.96 bits per heavy atom. The second kappa shape index (κ2) is 5.91. The summed E-state index contributed by atoms with van der Waals surface area (Å²) in [7, 11) is 0. The summed E-state index contributed by atoms with van der Waals surface area (Å²) in [5.41, 5.74) is 2.06. The van der Waals surface area contributed by atoms with Crippen LogP contribution in [0.5, 0.6) is 0 Å². The second-order valence-corrected chi connectivity index (χ2v) is 5.98. The third kappa shape index (κ3) is 2.68. The molecule has 1 amide bonds. The van der Waals surface area contributed by atoms with Gasteiger partial charge in [0.05, 0.1) is 23.7 Å². The van der Waals surface area contributed by atoms with Gasteiger partial charge in [-0.25, -0.2) is 4.68 Å². The molecular weight excluding hydrogens is 318 g/mol. The molecule has 1 aliphatic rings. The van der Waals surface area contributed by atoms with Crippen molar-refractivity contribution in [2.24, 2.45) is 0 Å². The maximum Gasteiger partial charge on any atom is 0.260 e. The van der Waals surface area contributed by atoms with Crippen molar-refractivity contribution in [1.29, 1.82) is 5.26 Å². The van der Waals surface area contributed by atoms with E-state index in [0.29, 0.717) is 28.6 Å². The standard InChI is InChI=1S/C18H15N5O2/c1-11-15(9-19)22-23(13-3-2-7-20-10-13)17(11)21-18(24)14-6-8-25-16(14)12-4-5-12/h2-3,6-8,10,12H,4-5H2,1H3,(H,21,24). The average molecular weight is 333 g/mol. The van der Waals surface area contributed by atoms with E-state index < -0.39 is 0 Å². The highest BCUT2D eigenvalue weighted by molar-refractivity contribution is 6.05. The van der Waals surface area contributed by atoms with Gasteiger partial charge in [-0.05, 0) is 38.0 Å². The molecule has 3 aromatic heterocycles. The van der Waals surface area contributed by atoms with Gasteiger partial charge in [0.15, 0.2) is 5.69 Å². The van der Waals surface area contributed by atoms with Crippen LogP contribution in [0.25, 0.3) is 5.69 Å². The van der Waals surface area contributed by atoms with Crippen LogP contribution in [0, 0.1) is 18.3 Å². The van der Waals surface area contributed by atoms with Crippen LogP contribution < -0.4 is 5.32 Å². The Morgan fingerprint density at radius 2 is 2.28 bits per heavy atom. The molecule has 0 saturated heterocycles. The molecule has 3 aromatic rings. The van der Waals surface area contributed by atoms with Crippen LogP contribution in [-0.2, 0) is 0 Å². The summed E-state index contributed by atoms with van der Waals surface area (Å²) in [6, 6.07) is 7.30. The lowest BCUT2D eigenvalue weighted by Gasteiger charge is -2.09. The maximum absolute atomic E-state index is 12.8. The van der Waals surface area contributed by atoms with Gasteiger partial charge in [-0.15, -0.1) is 0 Å². The highest BCUT2D eigenvalue weighted by Crippen LogP contribution is 2.42. The summed E-state index contributed by atoms with van der Waals surface area (Å²) in [5, 5.41) is 16.4. The fraction of sp³-hybridized carbons (Fsp3) is 0.222. The third-order valence-electron chi connectivity index (χ3n) is 4.24. The molecule has 0 bridgehead atoms. The second-order valence-electron chi connectivity index (χ2n) is 5.98. The van der Waals surface area contributed by atoms with E-state index in [1.54, 1.807) is 31.5 Å². The Balaban J connectivity index is 1.72. The summed E-state index contributed by atoms with van der Waals surface area (Å²) in [6.45, 7) is 1.76. The molecule has 7 heteroatoms. The Kier molecular flexibility index (Phi) is 3.58. The van der Waals surface area contributed by atoms with Gasteiger partial charge < -0.3 is 9.73 Å². The number of furan rings is 1. The number of hydrogen-bond acceptors (Lipinski definition) is 5. The van der Waals surface area contributed by atoms with Crippen molar-refractivity contribution in [2.45, 2.75) is 25.7 Å². The van der Waals surface area contributed by atoms with Crippen molar-refractivity contribution in [3.8, 4) is 11.8 Å². The molecule has 25 heavy (non-hydrogen) atoms. The minimum Gasteiger partial charge on any atom is -0.468 e. The molecule has 4 rings (SSSR count). The average Bonchev–Trinajstić information content (AvgIpc) is 3.28. The van der Waals surface area contributed by atoms with E-state index in [-0.39, 0.29) is 11.6 Å². The lowest BCUT2D eigenvalue weighted by molar-refractivity contribution is 0.102. The van der Waals surface area contributed by atoms with E-state index in [1.165, 1.54) is 10.9 Å². The molecule has 1 aliphatic carbocycles. The molecular formula is C18H15N5O2. The molecule has 7 nitrogen and oxygen atoms in total. The Bertz CT molecular complexity index is 977. The predicted molar refractivity (Wildman–Crippen MR) is 89.4 cm³/mol. The molecule has 1 fully saturated rings. The van der Waals surface area contributed by atoms with E-state index in [0.717, 1.165) is 18.6 Å². The van der Waals surface area contributed by atoms with E-state index >= 15 is 0 Å². The number of nitriles is 1. The fourth-order valence-electron chi connectivity index (χ4n) is 2.76. The lowest BCUT2D eigenvalue weighted by Crippen LogP contribution is -2.16. The van der Waals surface area contributed by atoms with Crippen molar-refractivity contribution < 1.29 is 9.21 Å². The van der Waals surface area contributed by atoms with Crippen LogP contribution in [0.4, 0.5) is 5.82 Å². The summed E-state index contributed by atoms with van der Waals surface area (Å²) in [5.74, 6) is 1.24. The van der Waals surface area contributed by atoms with Crippen LogP contribution in [0.2, 0.25) is 0 Å². The Morgan fingerprint density at radius 1 is 1.44 bits per heavy atom. The van der Waals surface area contributed by atoms with Gasteiger partial charge in [0.25, 0.3) is 5.91 Å². The molecule has 3 heterocycles. The number of nitrogens with zero attached hydrogens (tertiary/aromatic N) is 4. The summed E-state index contributed by atoms with van der Waals surface area (Å²) in [4.78, 5) is 16.8. The summed E-state index contributed by atoms with van der Waals surface area (Å²) < 4.78 is 7.00. The smallest absolute Gasteiger partial charge is 0.260 e. The zero-order valence-electron chi connectivity index (χ0n) is 13.6. The first-order chi connectivity index (χ1) is 12.2. The number of anilines is 1. The van der Waals surface area contributed by atoms with Crippen molar-refractivity contribution in [1.82, 2.24) is 14.8 Å². The summed E-state index contributed by atoms with van der Waals surface area (Å²) in [6.07, 6.45) is 6.89. The van der Waals surface area contributed by atoms with Crippen molar-refractivity contribution in [2.75, 3.05) is 5.32 Å². The number of carbonyl (C=O) groups is 1. The number of rotatable bonds is 4. The zero-order valence-corrected chi connectivity index (χ0v) is 13.6. The van der Waals surface area contributed by atoms with E-state index in [4.69, 9.17) is 4.42 Å². The maximum atomic E-state index is 12.8. The van der Waals surface area contributed by atoms with E-state index in [2.05, 4.69) is 21.5 Å². The van der Waals surface area contributed by atoms with Crippen molar-refractivity contribution in [3.05, 3.63) is 59.4 Å². The van der Waals surface area contributed by atoms with Crippen LogP contribution in [0.15, 0.2) is 41.3 Å². The molecule has 0 spiro atoms. The number of nitrogens with one attached hydrogen (secondary N) is 1. The minimum atomic E-state index is -0.270. The van der Waals surface area contributed by atoms with Gasteiger partial charge in [0.2, 0.25) is 0 Å². The molecule has 0 unspecified atom stereocenters. The monoisotopic (exact) mass is 333 g/mol. The molecule has 0 radical (unpaired) electrons. The Hall–Kier alpha value is -3.40. The van der Waals surface area contributed by atoms with Crippen molar-refractivity contribution in [3.63, 3.8) is 0 Å². The third-order valence-corrected chi connectivity index (χ3v) is 4.24. The first kappa shape index (κ1) is 15.1. The van der Waals surface area contributed by atoms with Crippen molar-refractivity contribution >= 4 is 11.7 Å². The first-order valence-electron chi connectivity index (χ1n) is 7.98. The molecule has 0 aromatic carbocycles. The minimum absolute atomic E-state index is 0.258. The zero-order chi connectivity index (χ0) is 17.4. The number of carbonyl (C=O) groups excluding carboxylic acids is 1. The highest BCUT2D eigenvalue weighted by atomic mass is 16.3. The highest BCUT2D eigenvalue weighted by Gasteiger charge is 2.31. The topological polar surface area (TPSA) is 96.7 Å². The van der Waals surface area contributed by atoms with Gasteiger partial charge in [-0.3, -0.25) is 9.78 Å². The van der Waals surface area contributed by atoms with Gasteiger partial charge in [-0.1, -0.05) is 0 Å². The number of hydrogen-bond donors (Lipinski definition) is 1. The number of aromatic nitrogens is 3. The Labute approximate surface area is 143 Å². The number of pyridine rings is 1. The van der Waals surface area contributed by atoms with Crippen LogP contribution >= 0.6 is 0 Å². The van der Waals surface area contributed by atoms with E-state index in [9.17, 15) is 10.1 Å². The largest absolute Gasteiger partial charge is 0.468 e. The quantitative estimate of drug-likeness (QED) is 0.791. The first-order valence-corrected chi connectivity index (χ1v) is 7.98. The normalized spacial score (nSPS) is 13.4. The molecule has 124 valence electrons. The summed E-state index contributed by atoms with van der Waals surface area (Å²) >= 11 is 0. The van der Waals surface area contributed by atoms with Gasteiger partial charge in [-0.2, -0.15) is 10.4 Å². The fourth-order valence-corrected chi connectivity index (χ4v) is 2.76. The van der Waals surface area contributed by atoms with Gasteiger partial charge >= 0.3 is 0 Å². The van der Waals surface area contributed by atoms with Crippen LogP contribution in [0.3, 0.4) is 0 Å². The van der Waals surface area contributed by atoms with Crippen LogP contribution in [-0.4, -0.2) is 20.7 Å². The molecule has 1 saturated carbocycles. The lowest BCUT2D eigenvalue weighted by atomic mass is 10.1. The number of amides is 1. The molecule has 0 aliphatic heterocycles. The van der Waals surface area contributed by atoms with Crippen LogP contribution in [0.1, 0.15) is 46.1 Å². The van der Waals surface area contributed by atoms with Gasteiger partial charge in [0.1, 0.15) is 17.6 Å². The van der Waals surface area contributed by atoms with E-state index in [1.807, 2.05) is 6.07 Å². The van der Waals surface area contributed by atoms with Gasteiger partial charge in [0, 0.05) is 17.7 Å². The molecule has 0 atom stereocenters. The predicted octanol–water partition coefficient (Wildman–Crippen LogP) is 3.17.